The van der Waals surface area contributed by atoms with E-state index in [-0.39, 0.29) is 0 Å². The fourth-order valence-electron chi connectivity index (χ4n) is 3.51. The minimum atomic E-state index is 0.566. The van der Waals surface area contributed by atoms with Gasteiger partial charge < -0.3 is 9.64 Å². The van der Waals surface area contributed by atoms with Gasteiger partial charge in [-0.3, -0.25) is 4.99 Å². The first-order chi connectivity index (χ1) is 15.2. The van der Waals surface area contributed by atoms with Crippen LogP contribution in [0, 0.1) is 6.92 Å². The van der Waals surface area contributed by atoms with Crippen LogP contribution >= 0.6 is 11.3 Å². The van der Waals surface area contributed by atoms with Gasteiger partial charge in [0.25, 0.3) is 0 Å². The molecule has 0 saturated carbocycles. The number of thiazole rings is 1. The second-order valence-electron chi connectivity index (χ2n) is 7.54. The van der Waals surface area contributed by atoms with Crippen LogP contribution in [0.4, 0.5) is 5.69 Å². The predicted molar refractivity (Wildman–Crippen MR) is 130 cm³/mol. The molecule has 5 nitrogen and oxygen atoms in total. The standard InChI is InChI=1S/C25H28N4OS/c1-4-13-26-25-29(24(18-31-25)22-7-5-19(2)6-8-22)27-20(3)21-9-11-23(12-10-21)28-14-16-30-17-15-28/h4-12,18H,1,13-17H2,2-3H3. The molecule has 2 heterocycles. The monoisotopic (exact) mass is 432 g/mol. The number of aryl methyl sites for hydroxylation is 1. The first-order valence-electron chi connectivity index (χ1n) is 10.5. The SMILES string of the molecule is C=CCN=c1scc(-c2ccc(C)cc2)n1N=C(C)c1ccc(N2CCOCC2)cc1. The molecule has 0 amide bonds. The van der Waals surface area contributed by atoms with E-state index in [1.807, 2.05) is 11.6 Å². The van der Waals surface area contributed by atoms with Crippen LogP contribution in [0.3, 0.4) is 0 Å². The third-order valence-corrected chi connectivity index (χ3v) is 6.15. The first-order valence-corrected chi connectivity index (χ1v) is 11.4. The van der Waals surface area contributed by atoms with Crippen molar-refractivity contribution < 1.29 is 4.74 Å². The highest BCUT2D eigenvalue weighted by Gasteiger charge is 2.12. The van der Waals surface area contributed by atoms with Gasteiger partial charge in [0.05, 0.1) is 31.2 Å². The maximum absolute atomic E-state index is 5.46. The van der Waals surface area contributed by atoms with E-state index in [2.05, 4.69) is 77.3 Å². The second-order valence-corrected chi connectivity index (χ2v) is 8.38. The lowest BCUT2D eigenvalue weighted by Gasteiger charge is -2.28. The molecule has 0 spiro atoms. The summed E-state index contributed by atoms with van der Waals surface area (Å²) in [4.78, 5) is 7.87. The lowest BCUT2D eigenvalue weighted by molar-refractivity contribution is 0.122. The molecule has 3 aromatic rings. The Balaban J connectivity index is 1.68. The summed E-state index contributed by atoms with van der Waals surface area (Å²) in [5, 5.41) is 7.08. The number of nitrogens with zero attached hydrogens (tertiary/aromatic N) is 4. The van der Waals surface area contributed by atoms with Gasteiger partial charge in [0.15, 0.2) is 0 Å². The van der Waals surface area contributed by atoms with E-state index >= 15 is 0 Å². The average Bonchev–Trinajstić information content (AvgIpc) is 3.21. The summed E-state index contributed by atoms with van der Waals surface area (Å²) >= 11 is 1.60. The van der Waals surface area contributed by atoms with Crippen molar-refractivity contribution in [3.05, 3.63) is 82.5 Å². The van der Waals surface area contributed by atoms with Crippen molar-refractivity contribution in [3.8, 4) is 11.3 Å². The maximum atomic E-state index is 5.46. The number of hydrogen-bond donors (Lipinski definition) is 0. The summed E-state index contributed by atoms with van der Waals surface area (Å²) < 4.78 is 7.41. The van der Waals surface area contributed by atoms with Crippen molar-refractivity contribution in [3.63, 3.8) is 0 Å². The van der Waals surface area contributed by atoms with Crippen molar-refractivity contribution in [1.29, 1.82) is 0 Å². The molecule has 6 heteroatoms. The molecule has 0 N–H and O–H groups in total. The Morgan fingerprint density at radius 3 is 2.48 bits per heavy atom. The molecule has 2 aromatic carbocycles. The Kier molecular flexibility index (Phi) is 6.79. The molecular weight excluding hydrogens is 404 g/mol. The number of hydrogen-bond acceptors (Lipinski definition) is 5. The maximum Gasteiger partial charge on any atom is 0.206 e. The van der Waals surface area contributed by atoms with Crippen LogP contribution in [-0.4, -0.2) is 43.2 Å². The number of benzene rings is 2. The van der Waals surface area contributed by atoms with E-state index < -0.39 is 0 Å². The summed E-state index contributed by atoms with van der Waals surface area (Å²) in [5.41, 5.74) is 6.67. The van der Waals surface area contributed by atoms with Gasteiger partial charge >= 0.3 is 0 Å². The zero-order valence-electron chi connectivity index (χ0n) is 18.1. The molecule has 160 valence electrons. The van der Waals surface area contributed by atoms with Gasteiger partial charge in [0.1, 0.15) is 0 Å². The van der Waals surface area contributed by atoms with Crippen LogP contribution in [0.1, 0.15) is 18.1 Å². The summed E-state index contributed by atoms with van der Waals surface area (Å²) in [6.45, 7) is 11.9. The minimum Gasteiger partial charge on any atom is -0.378 e. The quantitative estimate of drug-likeness (QED) is 0.418. The van der Waals surface area contributed by atoms with E-state index in [0.717, 1.165) is 53.6 Å². The normalized spacial score (nSPS) is 15.4. The predicted octanol–water partition coefficient (Wildman–Crippen LogP) is 4.72. The second kappa shape index (κ2) is 9.90. The van der Waals surface area contributed by atoms with E-state index in [1.54, 1.807) is 17.4 Å². The van der Waals surface area contributed by atoms with E-state index in [4.69, 9.17) is 9.84 Å². The Bertz CT molecular complexity index is 1120. The average molecular weight is 433 g/mol. The lowest BCUT2D eigenvalue weighted by Crippen LogP contribution is -2.36. The fraction of sp³-hybridized carbons (Fsp3) is 0.280. The van der Waals surface area contributed by atoms with E-state index in [0.29, 0.717) is 6.54 Å². The van der Waals surface area contributed by atoms with Crippen molar-refractivity contribution >= 4 is 22.7 Å². The molecule has 4 rings (SSSR count). The summed E-state index contributed by atoms with van der Waals surface area (Å²) in [7, 11) is 0. The highest BCUT2D eigenvalue weighted by molar-refractivity contribution is 7.07. The van der Waals surface area contributed by atoms with Crippen LogP contribution in [0.15, 0.2) is 76.7 Å². The summed E-state index contributed by atoms with van der Waals surface area (Å²) in [6.07, 6.45) is 1.80. The van der Waals surface area contributed by atoms with E-state index in [1.165, 1.54) is 11.3 Å². The van der Waals surface area contributed by atoms with Crippen LogP contribution < -0.4 is 9.70 Å². The molecule has 1 aromatic heterocycles. The lowest BCUT2D eigenvalue weighted by atomic mass is 10.1. The van der Waals surface area contributed by atoms with E-state index in [9.17, 15) is 0 Å². The Hall–Kier alpha value is -2.96. The molecule has 0 bridgehead atoms. The molecule has 1 aliphatic heterocycles. The molecule has 31 heavy (non-hydrogen) atoms. The molecule has 0 aliphatic carbocycles. The molecule has 1 aliphatic rings. The van der Waals surface area contributed by atoms with Crippen LogP contribution in [-0.2, 0) is 4.74 Å². The number of morpholine rings is 1. The summed E-state index contributed by atoms with van der Waals surface area (Å²) in [6, 6.07) is 17.1. The molecule has 0 radical (unpaired) electrons. The number of ether oxygens (including phenoxy) is 1. The smallest absolute Gasteiger partial charge is 0.206 e. The summed E-state index contributed by atoms with van der Waals surface area (Å²) in [5.74, 6) is 0. The fourth-order valence-corrected chi connectivity index (χ4v) is 4.35. The third kappa shape index (κ3) is 5.03. The number of anilines is 1. The minimum absolute atomic E-state index is 0.566. The van der Waals surface area contributed by atoms with Gasteiger partial charge in [0.2, 0.25) is 4.80 Å². The van der Waals surface area contributed by atoms with Crippen molar-refractivity contribution in [2.75, 3.05) is 37.7 Å². The topological polar surface area (TPSA) is 42.1 Å². The van der Waals surface area contributed by atoms with Gasteiger partial charge in [-0.1, -0.05) is 48.0 Å². The number of aromatic nitrogens is 1. The van der Waals surface area contributed by atoms with Gasteiger partial charge in [-0.05, 0) is 31.5 Å². The highest BCUT2D eigenvalue weighted by atomic mass is 32.1. The van der Waals surface area contributed by atoms with Gasteiger partial charge in [-0.25, -0.2) is 4.68 Å². The Labute approximate surface area is 187 Å². The number of rotatable bonds is 6. The van der Waals surface area contributed by atoms with Crippen LogP contribution in [0.2, 0.25) is 0 Å². The van der Waals surface area contributed by atoms with Gasteiger partial charge in [-0.15, -0.1) is 17.9 Å². The van der Waals surface area contributed by atoms with Crippen molar-refractivity contribution in [1.82, 2.24) is 4.68 Å². The van der Waals surface area contributed by atoms with Gasteiger partial charge in [0, 0.05) is 29.7 Å². The van der Waals surface area contributed by atoms with Crippen molar-refractivity contribution in [2.45, 2.75) is 13.8 Å². The molecular formula is C25H28N4OS. The third-order valence-electron chi connectivity index (χ3n) is 5.30. The van der Waals surface area contributed by atoms with Crippen LogP contribution in [0.5, 0.6) is 0 Å². The molecule has 1 saturated heterocycles. The molecule has 1 fully saturated rings. The highest BCUT2D eigenvalue weighted by Crippen LogP contribution is 2.22. The largest absolute Gasteiger partial charge is 0.378 e. The molecule has 0 unspecified atom stereocenters. The zero-order valence-corrected chi connectivity index (χ0v) is 18.9. The first kappa shape index (κ1) is 21.3. The Morgan fingerprint density at radius 2 is 1.81 bits per heavy atom. The van der Waals surface area contributed by atoms with Crippen molar-refractivity contribution in [2.24, 2.45) is 10.1 Å². The molecule has 0 atom stereocenters. The van der Waals surface area contributed by atoms with Gasteiger partial charge in [-0.2, -0.15) is 5.10 Å². The zero-order chi connectivity index (χ0) is 21.6. The van der Waals surface area contributed by atoms with Crippen LogP contribution in [0.25, 0.3) is 11.3 Å². The Morgan fingerprint density at radius 1 is 1.10 bits per heavy atom.